The number of anilines is 1. The Morgan fingerprint density at radius 1 is 0.758 bits per heavy atom. The molecule has 0 aliphatic heterocycles. The van der Waals surface area contributed by atoms with Crippen LogP contribution in [-0.4, -0.2) is 19.9 Å². The summed E-state index contributed by atoms with van der Waals surface area (Å²) >= 11 is 7.52. The zero-order valence-corrected chi connectivity index (χ0v) is 19.9. The first-order chi connectivity index (χ1) is 16.0. The van der Waals surface area contributed by atoms with E-state index in [1.54, 1.807) is 17.4 Å². The monoisotopic (exact) mass is 471 g/mol. The summed E-state index contributed by atoms with van der Waals surface area (Å²) in [5.74, 6) is 0.0647. The number of carbonyl (C=O) groups excluding carboxylic acids is 1. The fourth-order valence-electron chi connectivity index (χ4n) is 3.58. The van der Waals surface area contributed by atoms with Crippen molar-refractivity contribution in [2.75, 3.05) is 19.0 Å². The number of rotatable bonds is 3. The molecule has 0 amide bonds. The van der Waals surface area contributed by atoms with Gasteiger partial charge in [0, 0.05) is 56.1 Å². The van der Waals surface area contributed by atoms with Crippen LogP contribution in [0.2, 0.25) is 5.02 Å². The largest absolute Gasteiger partial charge is 0.377 e. The Morgan fingerprint density at radius 2 is 1.39 bits per heavy atom. The van der Waals surface area contributed by atoms with Crippen molar-refractivity contribution < 1.29 is 4.79 Å². The van der Waals surface area contributed by atoms with Crippen molar-refractivity contribution in [3.05, 3.63) is 123 Å². The van der Waals surface area contributed by atoms with Gasteiger partial charge in [0.25, 0.3) is 0 Å². The predicted molar refractivity (Wildman–Crippen MR) is 141 cm³/mol. The van der Waals surface area contributed by atoms with E-state index in [1.807, 2.05) is 110 Å². The summed E-state index contributed by atoms with van der Waals surface area (Å²) in [6.07, 6.45) is 0. The van der Waals surface area contributed by atoms with Crippen LogP contribution in [0.1, 0.15) is 15.9 Å². The third-order valence-electron chi connectivity index (χ3n) is 5.20. The lowest BCUT2D eigenvalue weighted by Crippen LogP contribution is -2.14. The van der Waals surface area contributed by atoms with Crippen LogP contribution in [0.5, 0.6) is 0 Å². The minimum absolute atomic E-state index is 0.0619. The number of para-hydroxylation sites is 1. The van der Waals surface area contributed by atoms with Gasteiger partial charge in [0.05, 0.1) is 0 Å². The number of carbonyl (C=O) groups is 1. The van der Waals surface area contributed by atoms with E-state index in [4.69, 9.17) is 11.6 Å². The van der Waals surface area contributed by atoms with Crippen LogP contribution in [0.4, 0.5) is 5.69 Å². The quantitative estimate of drug-likeness (QED) is 0.209. The highest BCUT2D eigenvalue weighted by Gasteiger charge is 2.13. The highest BCUT2D eigenvalue weighted by atomic mass is 35.5. The fourth-order valence-corrected chi connectivity index (χ4v) is 4.80. The average molecular weight is 472 g/mol. The van der Waals surface area contributed by atoms with Gasteiger partial charge in [-0.15, -0.1) is 11.3 Å². The second kappa shape index (κ2) is 9.99. The van der Waals surface area contributed by atoms with E-state index in [9.17, 15) is 9.59 Å². The van der Waals surface area contributed by atoms with Gasteiger partial charge in [0.2, 0.25) is 0 Å². The molecule has 0 fully saturated rings. The summed E-state index contributed by atoms with van der Waals surface area (Å²) in [6, 6.07) is 30.1. The van der Waals surface area contributed by atoms with Crippen LogP contribution in [0.25, 0.3) is 20.2 Å². The number of hydrogen-bond acceptors (Lipinski definition) is 4. The highest BCUT2D eigenvalue weighted by Crippen LogP contribution is 2.26. The summed E-state index contributed by atoms with van der Waals surface area (Å²) < 4.78 is 2.00. The SMILES string of the molecule is CN(C)c1ccccc1C(=O)c1ccccc1.O=c1c2ccccc2sc2ccc(Cl)cc12. The number of halogens is 1. The van der Waals surface area contributed by atoms with Crippen LogP contribution in [0, 0.1) is 0 Å². The molecule has 0 aliphatic carbocycles. The molecular weight excluding hydrogens is 450 g/mol. The predicted octanol–water partition coefficient (Wildman–Crippen LogP) is 7.05. The number of benzene rings is 4. The molecule has 0 unspecified atom stereocenters. The number of fused-ring (bicyclic) bond motifs is 2. The van der Waals surface area contributed by atoms with E-state index in [2.05, 4.69) is 0 Å². The maximum atomic E-state index is 12.3. The van der Waals surface area contributed by atoms with E-state index in [0.717, 1.165) is 31.6 Å². The summed E-state index contributed by atoms with van der Waals surface area (Å²) in [7, 11) is 3.88. The van der Waals surface area contributed by atoms with Crippen molar-refractivity contribution in [1.29, 1.82) is 0 Å². The Labute approximate surface area is 201 Å². The lowest BCUT2D eigenvalue weighted by Gasteiger charge is -2.16. The smallest absolute Gasteiger partial charge is 0.195 e. The van der Waals surface area contributed by atoms with Crippen LogP contribution in [0.3, 0.4) is 0 Å². The lowest BCUT2D eigenvalue weighted by atomic mass is 10.0. The molecule has 5 heteroatoms. The van der Waals surface area contributed by atoms with Gasteiger partial charge >= 0.3 is 0 Å². The molecule has 5 rings (SSSR count). The first-order valence-corrected chi connectivity index (χ1v) is 11.6. The summed E-state index contributed by atoms with van der Waals surface area (Å²) in [5, 5.41) is 2.07. The normalized spacial score (nSPS) is 10.5. The zero-order valence-electron chi connectivity index (χ0n) is 18.3. The Morgan fingerprint density at radius 3 is 2.15 bits per heavy atom. The molecule has 0 N–H and O–H groups in total. The van der Waals surface area contributed by atoms with Gasteiger partial charge in [0.1, 0.15) is 0 Å². The standard InChI is InChI=1S/C15H15NO.C13H7ClOS/c1-16(2)14-11-7-6-10-13(14)15(17)12-8-4-3-5-9-12;14-8-5-6-12-10(7-8)13(15)9-3-1-2-4-11(9)16-12/h3-11H,1-2H3;1-7H. The van der Waals surface area contributed by atoms with Crippen molar-refractivity contribution in [3.63, 3.8) is 0 Å². The number of hydrogen-bond donors (Lipinski definition) is 0. The molecular formula is C28H22ClNO2S. The van der Waals surface area contributed by atoms with Crippen LogP contribution in [-0.2, 0) is 0 Å². The lowest BCUT2D eigenvalue weighted by molar-refractivity contribution is 0.103. The van der Waals surface area contributed by atoms with Gasteiger partial charge in [-0.1, -0.05) is 66.2 Å². The molecule has 0 saturated carbocycles. The Kier molecular flexibility index (Phi) is 6.87. The van der Waals surface area contributed by atoms with Crippen LogP contribution in [0.15, 0.2) is 102 Å². The molecule has 0 radical (unpaired) electrons. The van der Waals surface area contributed by atoms with Crippen molar-refractivity contribution in [2.45, 2.75) is 0 Å². The van der Waals surface area contributed by atoms with E-state index in [1.165, 1.54) is 0 Å². The minimum Gasteiger partial charge on any atom is -0.377 e. The second-order valence-electron chi connectivity index (χ2n) is 7.67. The Hall–Kier alpha value is -3.47. The van der Waals surface area contributed by atoms with E-state index >= 15 is 0 Å². The molecule has 4 aromatic carbocycles. The van der Waals surface area contributed by atoms with Gasteiger partial charge in [0.15, 0.2) is 11.2 Å². The second-order valence-corrected chi connectivity index (χ2v) is 9.19. The molecule has 3 nitrogen and oxygen atoms in total. The molecule has 0 saturated heterocycles. The van der Waals surface area contributed by atoms with E-state index in [0.29, 0.717) is 10.4 Å². The van der Waals surface area contributed by atoms with Crippen molar-refractivity contribution >= 4 is 54.6 Å². The first-order valence-electron chi connectivity index (χ1n) is 10.4. The molecule has 5 aromatic rings. The van der Waals surface area contributed by atoms with Gasteiger partial charge in [-0.25, -0.2) is 0 Å². The maximum Gasteiger partial charge on any atom is 0.195 e. The van der Waals surface area contributed by atoms with Gasteiger partial charge in [-0.2, -0.15) is 0 Å². The molecule has 164 valence electrons. The molecule has 1 heterocycles. The average Bonchev–Trinajstić information content (AvgIpc) is 2.85. The summed E-state index contributed by atoms with van der Waals surface area (Å²) in [4.78, 5) is 26.5. The fraction of sp³-hybridized carbons (Fsp3) is 0.0714. The minimum atomic E-state index is 0.0619. The molecule has 1 aromatic heterocycles. The third-order valence-corrected chi connectivity index (χ3v) is 6.59. The van der Waals surface area contributed by atoms with E-state index in [-0.39, 0.29) is 11.2 Å². The van der Waals surface area contributed by atoms with Crippen molar-refractivity contribution in [1.82, 2.24) is 0 Å². The molecule has 0 bridgehead atoms. The van der Waals surface area contributed by atoms with Crippen LogP contribution >= 0.6 is 22.9 Å². The molecule has 0 atom stereocenters. The van der Waals surface area contributed by atoms with Crippen LogP contribution < -0.4 is 10.3 Å². The Bertz CT molecular complexity index is 1490. The topological polar surface area (TPSA) is 37.4 Å². The molecule has 33 heavy (non-hydrogen) atoms. The summed E-state index contributed by atoms with van der Waals surface area (Å²) in [5.41, 5.74) is 2.47. The van der Waals surface area contributed by atoms with Gasteiger partial charge in [-0.05, 0) is 42.5 Å². The first kappa shape index (κ1) is 22.7. The summed E-state index contributed by atoms with van der Waals surface area (Å²) in [6.45, 7) is 0. The maximum absolute atomic E-state index is 12.3. The molecule has 0 spiro atoms. The number of nitrogens with zero attached hydrogens (tertiary/aromatic N) is 1. The zero-order chi connectivity index (χ0) is 23.4. The Balaban J connectivity index is 0.000000157. The van der Waals surface area contributed by atoms with E-state index < -0.39 is 0 Å². The van der Waals surface area contributed by atoms with Crippen molar-refractivity contribution in [3.8, 4) is 0 Å². The number of ketones is 1. The van der Waals surface area contributed by atoms with Gasteiger partial charge in [-0.3, -0.25) is 9.59 Å². The molecule has 0 aliphatic rings. The van der Waals surface area contributed by atoms with Gasteiger partial charge < -0.3 is 4.90 Å². The third kappa shape index (κ3) is 4.98. The highest BCUT2D eigenvalue weighted by molar-refractivity contribution is 7.24. The van der Waals surface area contributed by atoms with Crippen molar-refractivity contribution in [2.24, 2.45) is 0 Å².